The summed E-state index contributed by atoms with van der Waals surface area (Å²) in [5.41, 5.74) is 8.15. The lowest BCUT2D eigenvalue weighted by atomic mass is 9.97. The minimum Gasteiger partial charge on any atom is -0.478 e. The van der Waals surface area contributed by atoms with E-state index in [-0.39, 0.29) is 45.2 Å². The third-order valence-electron chi connectivity index (χ3n) is 11.5. The average Bonchev–Trinajstić information content (AvgIpc) is 4.03. The number of hydrogen-bond acceptors (Lipinski definition) is 25. The van der Waals surface area contributed by atoms with Crippen molar-refractivity contribution in [1.82, 2.24) is 46.5 Å². The van der Waals surface area contributed by atoms with Crippen LogP contribution in [0.15, 0.2) is 30.2 Å². The number of carbonyl (C=O) groups excluding carboxylic acids is 2. The van der Waals surface area contributed by atoms with Crippen molar-refractivity contribution in [3.05, 3.63) is 35.9 Å². The first kappa shape index (κ1) is 62.4. The van der Waals surface area contributed by atoms with Gasteiger partial charge in [0.05, 0.1) is 130 Å². The molecule has 0 aromatic carbocycles. The molecule has 1 aromatic rings. The monoisotopic (exact) mass is 1070 g/mol. The first-order valence-corrected chi connectivity index (χ1v) is 24.7. The molecular formula is C45H79N9O20. The van der Waals surface area contributed by atoms with E-state index in [0.717, 1.165) is 17.8 Å². The number of aliphatic carboxylic acids is 1. The second-order valence-electron chi connectivity index (χ2n) is 17.4. The number of aliphatic hydroxyl groups is 6. The highest BCUT2D eigenvalue weighted by molar-refractivity contribution is 5.85. The molecule has 10 atom stereocenters. The molecule has 2 saturated heterocycles. The number of ether oxygens (including phenoxy) is 10. The van der Waals surface area contributed by atoms with E-state index in [0.29, 0.717) is 98.4 Å². The fraction of sp³-hybridized carbons (Fsp3) is 0.800. The molecule has 4 heterocycles. The minimum atomic E-state index is -1.40. The molecule has 3 aliphatic heterocycles. The number of nitrogens with zero attached hydrogens (tertiary/aromatic N) is 5. The second-order valence-corrected chi connectivity index (χ2v) is 17.4. The summed E-state index contributed by atoms with van der Waals surface area (Å²) in [5, 5.41) is 84.6. The van der Waals surface area contributed by atoms with Gasteiger partial charge in [-0.05, 0) is 25.8 Å². The maximum absolute atomic E-state index is 11.6. The van der Waals surface area contributed by atoms with E-state index in [2.05, 4.69) is 43.4 Å². The molecule has 4 rings (SSSR count). The maximum Gasteiger partial charge on any atom is 0.330 e. The quantitative estimate of drug-likeness (QED) is 0.0217. The molecule has 10 unspecified atom stereocenters. The zero-order valence-electron chi connectivity index (χ0n) is 42.3. The Morgan fingerprint density at radius 3 is 1.64 bits per heavy atom. The molecule has 0 saturated carbocycles. The first-order chi connectivity index (χ1) is 35.7. The van der Waals surface area contributed by atoms with E-state index in [1.807, 2.05) is 17.4 Å². The first-order valence-electron chi connectivity index (χ1n) is 24.7. The topological polar surface area (TPSA) is 370 Å². The van der Waals surface area contributed by atoms with Crippen molar-refractivity contribution in [3.8, 4) is 0 Å². The number of aliphatic hydroxyl groups excluding tert-OH is 6. The summed E-state index contributed by atoms with van der Waals surface area (Å²) in [6.07, 6.45) is -4.30. The lowest BCUT2D eigenvalue weighted by Crippen LogP contribution is -2.64. The fourth-order valence-electron chi connectivity index (χ4n) is 7.66. The maximum atomic E-state index is 11.6. The van der Waals surface area contributed by atoms with Crippen LogP contribution in [0.25, 0.3) is 0 Å². The number of aromatic nitrogens is 3. The van der Waals surface area contributed by atoms with Crippen LogP contribution in [0.2, 0.25) is 0 Å². The third kappa shape index (κ3) is 23.0. The van der Waals surface area contributed by atoms with Crippen LogP contribution in [0.3, 0.4) is 0 Å². The van der Waals surface area contributed by atoms with Gasteiger partial charge in [-0.2, -0.15) is 0 Å². The fourth-order valence-corrected chi connectivity index (χ4v) is 7.66. The lowest BCUT2D eigenvalue weighted by molar-refractivity contribution is -0.272. The number of hydrogen-bond donors (Lipinski definition) is 11. The smallest absolute Gasteiger partial charge is 0.330 e. The van der Waals surface area contributed by atoms with Crippen LogP contribution < -0.4 is 21.6 Å². The Bertz CT molecular complexity index is 1800. The van der Waals surface area contributed by atoms with Gasteiger partial charge in [-0.3, -0.25) is 19.5 Å². The zero-order chi connectivity index (χ0) is 53.7. The Morgan fingerprint density at radius 2 is 1.16 bits per heavy atom. The van der Waals surface area contributed by atoms with Crippen LogP contribution in [0.1, 0.15) is 38.8 Å². The van der Waals surface area contributed by atoms with Gasteiger partial charge >= 0.3 is 5.97 Å². The second kappa shape index (κ2) is 35.3. The number of carboxylic acid groups (broad SMARTS) is 1. The molecule has 0 spiro atoms. The molecule has 2 amide bonds. The van der Waals surface area contributed by atoms with Gasteiger partial charge < -0.3 is 99.2 Å². The third-order valence-corrected chi connectivity index (χ3v) is 11.5. The number of carbonyl (C=O) groups is 3. The van der Waals surface area contributed by atoms with Gasteiger partial charge in [0.1, 0.15) is 48.7 Å². The van der Waals surface area contributed by atoms with Gasteiger partial charge in [0, 0.05) is 44.9 Å². The van der Waals surface area contributed by atoms with Crippen molar-refractivity contribution in [2.45, 2.75) is 107 Å². The van der Waals surface area contributed by atoms with Gasteiger partial charge in [-0.1, -0.05) is 11.8 Å². The van der Waals surface area contributed by atoms with Crippen LogP contribution in [-0.2, 0) is 74.8 Å². The molecule has 2 fully saturated rings. The molecule has 11 N–H and O–H groups in total. The molecule has 29 nitrogen and oxygen atoms in total. The van der Waals surface area contributed by atoms with E-state index in [1.54, 1.807) is 4.68 Å². The van der Waals surface area contributed by atoms with Crippen LogP contribution >= 0.6 is 0 Å². The predicted molar refractivity (Wildman–Crippen MR) is 255 cm³/mol. The number of amides is 2. The van der Waals surface area contributed by atoms with Gasteiger partial charge in [0.25, 0.3) is 0 Å². The molecule has 0 bridgehead atoms. The van der Waals surface area contributed by atoms with Gasteiger partial charge in [0.15, 0.2) is 12.6 Å². The van der Waals surface area contributed by atoms with E-state index in [4.69, 9.17) is 47.4 Å². The average molecular weight is 1070 g/mol. The molecule has 424 valence electrons. The number of rotatable bonds is 40. The zero-order valence-corrected chi connectivity index (χ0v) is 42.3. The normalized spacial score (nSPS) is 25.0. The van der Waals surface area contributed by atoms with Crippen molar-refractivity contribution in [1.29, 1.82) is 0 Å². The number of carboxylic acids is 1. The highest BCUT2D eigenvalue weighted by Gasteiger charge is 2.46. The van der Waals surface area contributed by atoms with E-state index in [9.17, 15) is 50.1 Å². The number of unbranched alkanes of at least 4 members (excludes halogenated alkanes) is 1. The highest BCUT2D eigenvalue weighted by atomic mass is 16.7. The van der Waals surface area contributed by atoms with Crippen LogP contribution in [0, 0.1) is 0 Å². The van der Waals surface area contributed by atoms with E-state index >= 15 is 0 Å². The van der Waals surface area contributed by atoms with Crippen LogP contribution in [-0.4, -0.2) is 265 Å². The van der Waals surface area contributed by atoms with Crippen molar-refractivity contribution < 1.29 is 97.5 Å². The van der Waals surface area contributed by atoms with Crippen molar-refractivity contribution in [2.24, 2.45) is 0 Å². The Hall–Kier alpha value is -4.09. The molecule has 74 heavy (non-hydrogen) atoms. The molecule has 1 aromatic heterocycles. The summed E-state index contributed by atoms with van der Waals surface area (Å²) < 4.78 is 57.6. The summed E-state index contributed by atoms with van der Waals surface area (Å²) >= 11 is 0. The Balaban J connectivity index is 1.05. The van der Waals surface area contributed by atoms with E-state index in [1.165, 1.54) is 13.8 Å². The molecule has 0 aliphatic carbocycles. The SMILES string of the molecule is C=C(CCCCN(CC1=CN(CCOCCOCCOCCOC2OC(CO)C(O)C(O)C2NC(C)=O)NN1)Cc1cn(CCOCCOCCOCCOC2OC(CO)C(O)C(O)C2NC(C)=O)nn1)C(=O)O. The molecule has 0 radical (unpaired) electrons. The Labute approximate surface area is 429 Å². The van der Waals surface area contributed by atoms with Gasteiger partial charge in [-0.15, -0.1) is 10.6 Å². The summed E-state index contributed by atoms with van der Waals surface area (Å²) in [6, 6.07) is -2.05. The minimum absolute atomic E-state index is 0.0593. The summed E-state index contributed by atoms with van der Waals surface area (Å²) in [5.74, 6) is -1.89. The van der Waals surface area contributed by atoms with Crippen LogP contribution in [0.5, 0.6) is 0 Å². The van der Waals surface area contributed by atoms with Gasteiger partial charge in [0.2, 0.25) is 11.8 Å². The lowest BCUT2D eigenvalue weighted by Gasteiger charge is -2.42. The molecule has 3 aliphatic rings. The predicted octanol–water partition coefficient (Wildman–Crippen LogP) is -4.92. The van der Waals surface area contributed by atoms with Crippen molar-refractivity contribution >= 4 is 17.8 Å². The number of nitrogens with one attached hydrogen (secondary N) is 4. The van der Waals surface area contributed by atoms with Crippen LogP contribution in [0.4, 0.5) is 0 Å². The molecule has 29 heteroatoms. The van der Waals surface area contributed by atoms with E-state index < -0.39 is 92.3 Å². The van der Waals surface area contributed by atoms with Crippen molar-refractivity contribution in [2.75, 3.05) is 125 Å². The number of hydrazine groups is 2. The molecular weight excluding hydrogens is 987 g/mol. The Morgan fingerprint density at radius 1 is 0.689 bits per heavy atom. The summed E-state index contributed by atoms with van der Waals surface area (Å²) in [7, 11) is 0. The van der Waals surface area contributed by atoms with Crippen molar-refractivity contribution in [3.63, 3.8) is 0 Å². The highest BCUT2D eigenvalue weighted by Crippen LogP contribution is 2.23. The Kier molecular flexibility index (Phi) is 29.8. The van der Waals surface area contributed by atoms with Gasteiger partial charge in [-0.25, -0.2) is 9.48 Å². The summed E-state index contributed by atoms with van der Waals surface area (Å²) in [6.45, 7) is 11.6. The standard InChI is InChI=1S/C45H79N9O20/c1-30(43(63)64)6-4-5-7-52(24-33-26-53(50-48-33)8-10-65-12-14-67-16-18-69-20-22-71-44-37(46-31(2)57)41(61)39(59)35(28-55)73-44)25-34-27-54(51-49-34)9-11-66-13-15-68-17-19-70-21-23-72-45-38(47-32(3)58)42(62)40(60)36(29-56)74-45/h26-27,35-42,44-45,48,50,55-56,59-62H,1,4-25,28-29H2,2-3H3,(H,46,57)(H,47,58)(H,63,64). The largest absolute Gasteiger partial charge is 0.478 e. The summed E-state index contributed by atoms with van der Waals surface area (Å²) in [4.78, 5) is 36.6.